The Bertz CT molecular complexity index is 1160. The van der Waals surface area contributed by atoms with E-state index in [0.29, 0.717) is 12.0 Å². The summed E-state index contributed by atoms with van der Waals surface area (Å²) in [6.45, 7) is 2.38. The number of amides is 1. The van der Waals surface area contributed by atoms with E-state index in [1.54, 1.807) is 24.3 Å². The molecule has 1 aromatic heterocycles. The van der Waals surface area contributed by atoms with Gasteiger partial charge in [-0.2, -0.15) is 13.9 Å². The molecule has 1 fully saturated rings. The number of nitrogens with one attached hydrogen (secondary N) is 3. The molecule has 34 heavy (non-hydrogen) atoms. The van der Waals surface area contributed by atoms with E-state index in [4.69, 9.17) is 26.2 Å². The molecule has 1 saturated heterocycles. The number of carbonyl (C=O) groups is 2. The van der Waals surface area contributed by atoms with Crippen molar-refractivity contribution in [2.45, 2.75) is 49.8 Å². The minimum absolute atomic E-state index is 0.0324. The average molecular weight is 495 g/mol. The molecule has 7 N–H and O–H groups in total. The van der Waals surface area contributed by atoms with Gasteiger partial charge in [0.15, 0.2) is 10.7 Å². The minimum atomic E-state index is -4.51. The Morgan fingerprint density at radius 2 is 2.00 bits per heavy atom. The monoisotopic (exact) mass is 494 g/mol. The maximum Gasteiger partial charge on any atom is 0.347 e. The zero-order chi connectivity index (χ0) is 25.0. The summed E-state index contributed by atoms with van der Waals surface area (Å²) < 4.78 is 34.3. The SMILES string of the molecule is Cc1noc(C)c1S(=O)(=O)OC(=O)C(CN)NC(=O)C[C@H]1C[C@@H](c2ccc(C(=N)N)cc2)NO1. The maximum atomic E-state index is 12.4. The van der Waals surface area contributed by atoms with Crippen molar-refractivity contribution in [3.63, 3.8) is 0 Å². The first-order chi connectivity index (χ1) is 16.0. The topological polar surface area (TPSA) is 213 Å². The number of hydrogen-bond acceptors (Lipinski definition) is 11. The molecule has 3 rings (SSSR count). The van der Waals surface area contributed by atoms with Crippen molar-refractivity contribution < 1.29 is 31.6 Å². The highest BCUT2D eigenvalue weighted by Crippen LogP contribution is 2.27. The van der Waals surface area contributed by atoms with Crippen LogP contribution >= 0.6 is 0 Å². The van der Waals surface area contributed by atoms with Gasteiger partial charge in [-0.3, -0.25) is 15.0 Å². The van der Waals surface area contributed by atoms with E-state index in [-0.39, 0.29) is 41.2 Å². The molecule has 0 radical (unpaired) electrons. The largest absolute Gasteiger partial charge is 0.384 e. The molecule has 2 aromatic rings. The molecule has 0 saturated carbocycles. The van der Waals surface area contributed by atoms with Crippen LogP contribution in [0.15, 0.2) is 33.7 Å². The third-order valence-electron chi connectivity index (χ3n) is 5.18. The smallest absolute Gasteiger partial charge is 0.347 e. The molecule has 3 atom stereocenters. The molecule has 184 valence electrons. The molecule has 14 heteroatoms. The molecule has 13 nitrogen and oxygen atoms in total. The summed E-state index contributed by atoms with van der Waals surface area (Å²) in [6.07, 6.45) is -0.140. The third kappa shape index (κ3) is 5.77. The van der Waals surface area contributed by atoms with Gasteiger partial charge in [-0.1, -0.05) is 29.4 Å². The lowest BCUT2D eigenvalue weighted by molar-refractivity contribution is -0.139. The molecule has 0 bridgehead atoms. The molecular formula is C20H26N6O7S. The van der Waals surface area contributed by atoms with Crippen molar-refractivity contribution in [2.75, 3.05) is 6.54 Å². The summed E-state index contributed by atoms with van der Waals surface area (Å²) in [5, 5.41) is 13.3. The van der Waals surface area contributed by atoms with E-state index >= 15 is 0 Å². The number of amidine groups is 1. The Balaban J connectivity index is 1.55. The lowest BCUT2D eigenvalue weighted by Gasteiger charge is -2.16. The van der Waals surface area contributed by atoms with Gasteiger partial charge >= 0.3 is 16.1 Å². The van der Waals surface area contributed by atoms with Crippen LogP contribution < -0.4 is 22.3 Å². The number of nitrogen functional groups attached to an aromatic ring is 1. The maximum absolute atomic E-state index is 12.4. The second kappa shape index (κ2) is 10.3. The van der Waals surface area contributed by atoms with E-state index in [1.165, 1.54) is 13.8 Å². The quantitative estimate of drug-likeness (QED) is 0.173. The van der Waals surface area contributed by atoms with E-state index in [2.05, 4.69) is 20.1 Å². The third-order valence-corrected chi connectivity index (χ3v) is 6.64. The first-order valence-electron chi connectivity index (χ1n) is 10.3. The molecule has 1 amide bonds. The van der Waals surface area contributed by atoms with E-state index < -0.39 is 34.1 Å². The zero-order valence-corrected chi connectivity index (χ0v) is 19.3. The normalized spacial score (nSPS) is 18.9. The fourth-order valence-corrected chi connectivity index (χ4v) is 4.68. The van der Waals surface area contributed by atoms with Crippen LogP contribution in [-0.2, 0) is 28.7 Å². The van der Waals surface area contributed by atoms with Gasteiger partial charge in [-0.15, -0.1) is 0 Å². The Hall–Kier alpha value is -3.33. The molecule has 1 aromatic carbocycles. The van der Waals surface area contributed by atoms with Gasteiger partial charge in [0.05, 0.1) is 18.6 Å². The van der Waals surface area contributed by atoms with Crippen molar-refractivity contribution in [1.82, 2.24) is 16.0 Å². The molecule has 0 aliphatic carbocycles. The van der Waals surface area contributed by atoms with E-state index in [1.807, 2.05) is 0 Å². The number of carbonyl (C=O) groups excluding carboxylic acids is 2. The van der Waals surface area contributed by atoms with Crippen LogP contribution in [0.5, 0.6) is 0 Å². The predicted octanol–water partition coefficient (Wildman–Crippen LogP) is -0.324. The number of aryl methyl sites for hydroxylation is 2. The Kier molecular flexibility index (Phi) is 7.66. The van der Waals surface area contributed by atoms with Crippen LogP contribution in [0.2, 0.25) is 0 Å². The van der Waals surface area contributed by atoms with Crippen molar-refractivity contribution in [1.29, 1.82) is 5.41 Å². The summed E-state index contributed by atoms with van der Waals surface area (Å²) in [7, 11) is -4.51. The van der Waals surface area contributed by atoms with Crippen molar-refractivity contribution in [3.05, 3.63) is 46.8 Å². The Morgan fingerprint density at radius 3 is 2.56 bits per heavy atom. The van der Waals surface area contributed by atoms with Gasteiger partial charge in [0.1, 0.15) is 17.6 Å². The Morgan fingerprint density at radius 1 is 1.32 bits per heavy atom. The second-order valence-electron chi connectivity index (χ2n) is 7.75. The number of nitrogens with two attached hydrogens (primary N) is 2. The van der Waals surface area contributed by atoms with Gasteiger partial charge in [-0.05, 0) is 25.8 Å². The van der Waals surface area contributed by atoms with Gasteiger partial charge < -0.3 is 25.5 Å². The first-order valence-corrected chi connectivity index (χ1v) is 11.7. The van der Waals surface area contributed by atoms with Crippen LogP contribution in [0.3, 0.4) is 0 Å². The van der Waals surface area contributed by atoms with Crippen LogP contribution in [0.4, 0.5) is 0 Å². The van der Waals surface area contributed by atoms with Gasteiger partial charge in [-0.25, -0.2) is 4.79 Å². The molecule has 1 aliphatic rings. The summed E-state index contributed by atoms with van der Waals surface area (Å²) in [4.78, 5) is 29.9. The predicted molar refractivity (Wildman–Crippen MR) is 118 cm³/mol. The second-order valence-corrected chi connectivity index (χ2v) is 9.23. The number of rotatable bonds is 9. The van der Waals surface area contributed by atoms with Crippen LogP contribution in [0.1, 0.15) is 41.5 Å². The van der Waals surface area contributed by atoms with Gasteiger partial charge in [0.25, 0.3) is 0 Å². The fourth-order valence-electron chi connectivity index (χ4n) is 3.48. The highest BCUT2D eigenvalue weighted by atomic mass is 32.2. The fraction of sp³-hybridized carbons (Fsp3) is 0.400. The van der Waals surface area contributed by atoms with E-state index in [9.17, 15) is 18.0 Å². The van der Waals surface area contributed by atoms with Crippen LogP contribution in [0, 0.1) is 19.3 Å². The summed E-state index contributed by atoms with van der Waals surface area (Å²) in [5.41, 5.74) is 15.4. The Labute approximate surface area is 195 Å². The summed E-state index contributed by atoms with van der Waals surface area (Å²) in [5.74, 6) is -1.87. The molecule has 2 heterocycles. The van der Waals surface area contributed by atoms with E-state index in [0.717, 1.165) is 5.56 Å². The van der Waals surface area contributed by atoms with Crippen molar-refractivity contribution in [2.24, 2.45) is 11.5 Å². The zero-order valence-electron chi connectivity index (χ0n) is 18.5. The lowest BCUT2D eigenvalue weighted by Crippen LogP contribution is -2.47. The molecule has 1 aliphatic heterocycles. The summed E-state index contributed by atoms with van der Waals surface area (Å²) >= 11 is 0. The summed E-state index contributed by atoms with van der Waals surface area (Å²) in [6, 6.07) is 5.47. The van der Waals surface area contributed by atoms with Crippen molar-refractivity contribution in [3.8, 4) is 0 Å². The van der Waals surface area contributed by atoms with Crippen molar-refractivity contribution >= 4 is 27.8 Å². The molecule has 0 spiro atoms. The highest BCUT2D eigenvalue weighted by molar-refractivity contribution is 7.87. The first kappa shape index (κ1) is 25.3. The van der Waals surface area contributed by atoms with Crippen LogP contribution in [-0.4, -0.2) is 50.0 Å². The average Bonchev–Trinajstić information content (AvgIpc) is 3.37. The van der Waals surface area contributed by atoms with Crippen LogP contribution in [0.25, 0.3) is 0 Å². The highest BCUT2D eigenvalue weighted by Gasteiger charge is 2.33. The number of hydroxylamine groups is 1. The molecular weight excluding hydrogens is 468 g/mol. The number of aromatic nitrogens is 1. The number of hydrogen-bond donors (Lipinski definition) is 5. The molecule has 1 unspecified atom stereocenters. The standard InChI is InChI=1S/C20H26N6O7S/c1-10-18(11(2)31-25-10)34(29,30)33-20(28)16(9-21)24-17(27)8-14-7-15(26-32-14)12-3-5-13(6-4-12)19(22)23/h3-6,14-16,26H,7-9,21H2,1-2H3,(H3,22,23)(H,24,27)/t14-,15+,16?/m1/s1. The minimum Gasteiger partial charge on any atom is -0.384 e. The number of benzene rings is 1. The number of nitrogens with zero attached hydrogens (tertiary/aromatic N) is 1. The lowest BCUT2D eigenvalue weighted by atomic mass is 9.99. The van der Waals surface area contributed by atoms with Gasteiger partial charge in [0.2, 0.25) is 5.91 Å². The van der Waals surface area contributed by atoms with Gasteiger partial charge in [0, 0.05) is 12.1 Å².